The maximum absolute atomic E-state index is 11.6. The molecule has 6 nitrogen and oxygen atoms in total. The molecule has 1 N–H and O–H groups in total. The van der Waals surface area contributed by atoms with E-state index in [0.29, 0.717) is 6.42 Å². The van der Waals surface area contributed by atoms with Gasteiger partial charge in [0.1, 0.15) is 0 Å². The minimum atomic E-state index is -1.30. The van der Waals surface area contributed by atoms with E-state index in [1.54, 1.807) is 6.92 Å². The average molecular weight is 246 g/mol. The first-order chi connectivity index (χ1) is 7.81. The monoisotopic (exact) mass is 246 g/mol. The quantitative estimate of drug-likeness (QED) is 0.535. The van der Waals surface area contributed by atoms with E-state index in [9.17, 15) is 14.4 Å². The van der Waals surface area contributed by atoms with Crippen LogP contribution in [0.25, 0.3) is 0 Å². The molecule has 0 spiro atoms. The summed E-state index contributed by atoms with van der Waals surface area (Å²) in [6, 6.07) is 0. The predicted molar refractivity (Wildman–Crippen MR) is 58.3 cm³/mol. The molecule has 0 aromatic rings. The fraction of sp³-hybridized carbons (Fsp3) is 0.727. The lowest BCUT2D eigenvalue weighted by atomic mass is 10.0. The van der Waals surface area contributed by atoms with Crippen LogP contribution in [0.1, 0.15) is 40.0 Å². The van der Waals surface area contributed by atoms with Crippen LogP contribution in [0.3, 0.4) is 0 Å². The van der Waals surface area contributed by atoms with Crippen molar-refractivity contribution in [2.45, 2.75) is 45.6 Å². The van der Waals surface area contributed by atoms with Gasteiger partial charge in [0.05, 0.1) is 6.61 Å². The van der Waals surface area contributed by atoms with Crippen molar-refractivity contribution in [3.05, 3.63) is 0 Å². The second-order valence-electron chi connectivity index (χ2n) is 3.81. The maximum atomic E-state index is 11.6. The number of esters is 2. The second kappa shape index (κ2) is 6.88. The van der Waals surface area contributed by atoms with Crippen LogP contribution in [-0.2, 0) is 23.9 Å². The Balaban J connectivity index is 4.16. The van der Waals surface area contributed by atoms with E-state index in [0.717, 1.165) is 0 Å². The third-order valence-corrected chi connectivity index (χ3v) is 2.24. The lowest BCUT2D eigenvalue weighted by molar-refractivity contribution is -0.180. The number of carboxylic acids is 1. The number of hydrogen-bond acceptors (Lipinski definition) is 5. The summed E-state index contributed by atoms with van der Waals surface area (Å²) in [5.41, 5.74) is -1.30. The molecule has 0 amide bonds. The highest BCUT2D eigenvalue weighted by Crippen LogP contribution is 2.17. The number of carbonyl (C=O) groups is 3. The van der Waals surface area contributed by atoms with Gasteiger partial charge >= 0.3 is 17.9 Å². The first-order valence-corrected chi connectivity index (χ1v) is 5.40. The van der Waals surface area contributed by atoms with Gasteiger partial charge in [-0.1, -0.05) is 6.92 Å². The third-order valence-electron chi connectivity index (χ3n) is 2.24. The Morgan fingerprint density at radius 1 is 1.29 bits per heavy atom. The molecular weight excluding hydrogens is 228 g/mol. The minimum Gasteiger partial charge on any atom is -0.481 e. The molecule has 0 aromatic heterocycles. The van der Waals surface area contributed by atoms with Crippen LogP contribution in [0.2, 0.25) is 0 Å². The van der Waals surface area contributed by atoms with Crippen LogP contribution >= 0.6 is 0 Å². The summed E-state index contributed by atoms with van der Waals surface area (Å²) in [5, 5.41) is 8.39. The molecule has 0 aromatic carbocycles. The molecule has 0 radical (unpaired) electrons. The SMILES string of the molecule is CCC(C)(OC(C)=O)C(=O)OCCCC(=O)O. The second-order valence-corrected chi connectivity index (χ2v) is 3.81. The van der Waals surface area contributed by atoms with Crippen LogP contribution in [-0.4, -0.2) is 35.2 Å². The van der Waals surface area contributed by atoms with Gasteiger partial charge in [0.2, 0.25) is 5.60 Å². The number of ether oxygens (including phenoxy) is 2. The normalized spacial score (nSPS) is 13.6. The Labute approximate surface area is 99.9 Å². The number of hydrogen-bond donors (Lipinski definition) is 1. The standard InChI is InChI=1S/C11H18O6/c1-4-11(3,17-8(2)12)10(15)16-7-5-6-9(13)14/h4-7H2,1-3H3,(H,13,14). The number of carbonyl (C=O) groups excluding carboxylic acids is 2. The van der Waals surface area contributed by atoms with Crippen LogP contribution in [0, 0.1) is 0 Å². The Bertz CT molecular complexity index is 298. The van der Waals surface area contributed by atoms with Crippen LogP contribution < -0.4 is 0 Å². The first-order valence-electron chi connectivity index (χ1n) is 5.40. The maximum Gasteiger partial charge on any atom is 0.350 e. The zero-order valence-corrected chi connectivity index (χ0v) is 10.3. The van der Waals surface area contributed by atoms with Gasteiger partial charge in [0.25, 0.3) is 0 Å². The predicted octanol–water partition coefficient (Wildman–Crippen LogP) is 1.13. The van der Waals surface area contributed by atoms with Crippen molar-refractivity contribution in [1.82, 2.24) is 0 Å². The molecule has 0 aliphatic heterocycles. The zero-order valence-electron chi connectivity index (χ0n) is 10.3. The molecule has 0 aliphatic rings. The van der Waals surface area contributed by atoms with Gasteiger partial charge < -0.3 is 14.6 Å². The fourth-order valence-corrected chi connectivity index (χ4v) is 1.12. The summed E-state index contributed by atoms with van der Waals surface area (Å²) < 4.78 is 9.77. The zero-order chi connectivity index (χ0) is 13.5. The van der Waals surface area contributed by atoms with E-state index in [1.165, 1.54) is 13.8 Å². The smallest absolute Gasteiger partial charge is 0.350 e. The van der Waals surface area contributed by atoms with E-state index in [-0.39, 0.29) is 19.4 Å². The molecule has 1 atom stereocenters. The number of aliphatic carboxylic acids is 1. The molecule has 17 heavy (non-hydrogen) atoms. The van der Waals surface area contributed by atoms with Crippen molar-refractivity contribution in [3.63, 3.8) is 0 Å². The van der Waals surface area contributed by atoms with Crippen molar-refractivity contribution >= 4 is 17.9 Å². The summed E-state index contributed by atoms with van der Waals surface area (Å²) in [5.74, 6) is -2.16. The van der Waals surface area contributed by atoms with Crippen LogP contribution in [0.5, 0.6) is 0 Å². The largest absolute Gasteiger partial charge is 0.481 e. The molecule has 0 fully saturated rings. The summed E-state index contributed by atoms with van der Waals surface area (Å²) in [7, 11) is 0. The van der Waals surface area contributed by atoms with Gasteiger partial charge in [-0.2, -0.15) is 0 Å². The lowest BCUT2D eigenvalue weighted by Crippen LogP contribution is -2.40. The van der Waals surface area contributed by atoms with E-state index >= 15 is 0 Å². The van der Waals surface area contributed by atoms with Gasteiger partial charge in [-0.25, -0.2) is 4.79 Å². The highest BCUT2D eigenvalue weighted by atomic mass is 16.6. The average Bonchev–Trinajstić information content (AvgIpc) is 2.22. The molecule has 0 rings (SSSR count). The lowest BCUT2D eigenvalue weighted by Gasteiger charge is -2.25. The van der Waals surface area contributed by atoms with Gasteiger partial charge in [-0.3, -0.25) is 9.59 Å². The molecule has 1 unspecified atom stereocenters. The van der Waals surface area contributed by atoms with Gasteiger partial charge in [-0.15, -0.1) is 0 Å². The molecule has 98 valence electrons. The Morgan fingerprint density at radius 2 is 1.88 bits per heavy atom. The Morgan fingerprint density at radius 3 is 2.29 bits per heavy atom. The van der Waals surface area contributed by atoms with Gasteiger partial charge in [0, 0.05) is 13.3 Å². The summed E-state index contributed by atoms with van der Waals surface area (Å²) in [6.45, 7) is 4.38. The van der Waals surface area contributed by atoms with Crippen molar-refractivity contribution in [2.75, 3.05) is 6.61 Å². The Kier molecular flexibility index (Phi) is 6.23. The molecule has 0 bridgehead atoms. The fourth-order valence-electron chi connectivity index (χ4n) is 1.12. The highest BCUT2D eigenvalue weighted by molar-refractivity contribution is 5.82. The van der Waals surface area contributed by atoms with Crippen molar-refractivity contribution < 1.29 is 29.0 Å². The number of carboxylic acid groups (broad SMARTS) is 1. The molecule has 0 heterocycles. The van der Waals surface area contributed by atoms with E-state index < -0.39 is 23.5 Å². The summed E-state index contributed by atoms with van der Waals surface area (Å²) in [6.07, 6.45) is 0.467. The molecule has 0 saturated heterocycles. The van der Waals surface area contributed by atoms with E-state index in [4.69, 9.17) is 14.6 Å². The van der Waals surface area contributed by atoms with E-state index in [2.05, 4.69) is 0 Å². The van der Waals surface area contributed by atoms with E-state index in [1.807, 2.05) is 0 Å². The molecule has 0 saturated carbocycles. The van der Waals surface area contributed by atoms with Crippen LogP contribution in [0.15, 0.2) is 0 Å². The van der Waals surface area contributed by atoms with Crippen LogP contribution in [0.4, 0.5) is 0 Å². The molecule has 0 aliphatic carbocycles. The third kappa shape index (κ3) is 5.89. The highest BCUT2D eigenvalue weighted by Gasteiger charge is 2.36. The van der Waals surface area contributed by atoms with Crippen molar-refractivity contribution in [1.29, 1.82) is 0 Å². The number of rotatable bonds is 7. The van der Waals surface area contributed by atoms with Crippen molar-refractivity contribution in [3.8, 4) is 0 Å². The summed E-state index contributed by atoms with van der Waals surface area (Å²) in [4.78, 5) is 32.7. The topological polar surface area (TPSA) is 89.9 Å². The van der Waals surface area contributed by atoms with Crippen molar-refractivity contribution in [2.24, 2.45) is 0 Å². The van der Waals surface area contributed by atoms with Gasteiger partial charge in [0.15, 0.2) is 0 Å². The minimum absolute atomic E-state index is 0.00197. The summed E-state index contributed by atoms with van der Waals surface area (Å²) >= 11 is 0. The van der Waals surface area contributed by atoms with Gasteiger partial charge in [-0.05, 0) is 19.8 Å². The first kappa shape index (κ1) is 15.4. The molecular formula is C11H18O6. The molecule has 6 heteroatoms. The Hall–Kier alpha value is -1.59.